The monoisotopic (exact) mass is 260 g/mol. The third kappa shape index (κ3) is 5.68. The number of rotatable bonds is 6. The largest absolute Gasteiger partial charge is 0.371 e. The van der Waals surface area contributed by atoms with E-state index in [4.69, 9.17) is 9.79 Å². The Balaban J connectivity index is 4.87. The summed E-state index contributed by atoms with van der Waals surface area (Å²) in [6.07, 6.45) is 0.850. The van der Waals surface area contributed by atoms with Crippen LogP contribution >= 0.6 is 7.52 Å². The minimum Gasteiger partial charge on any atom is -0.306 e. The van der Waals surface area contributed by atoms with Gasteiger partial charge < -0.3 is 4.52 Å². The molecule has 0 spiro atoms. The van der Waals surface area contributed by atoms with E-state index in [2.05, 4.69) is 0 Å². The fourth-order valence-corrected chi connectivity index (χ4v) is 3.32. The summed E-state index contributed by atoms with van der Waals surface area (Å²) in [4.78, 5) is 0. The molecule has 0 aliphatic rings. The van der Waals surface area contributed by atoms with E-state index in [0.29, 0.717) is 13.2 Å². The van der Waals surface area contributed by atoms with Crippen molar-refractivity contribution in [3.8, 4) is 5.81 Å². The van der Waals surface area contributed by atoms with Gasteiger partial charge in [-0.15, -0.1) is 0 Å². The van der Waals surface area contributed by atoms with Gasteiger partial charge in [0.25, 0.3) is 0 Å². The molecule has 1 atom stereocenters. The first-order valence-electron chi connectivity index (χ1n) is 6.09. The Kier molecular flexibility index (Phi) is 6.40. The normalized spacial score (nSPS) is 15.9. The van der Waals surface area contributed by atoms with Crippen molar-refractivity contribution in [2.45, 2.75) is 54.0 Å². The summed E-state index contributed by atoms with van der Waals surface area (Å²) in [5.41, 5.74) is -0.0959. The van der Waals surface area contributed by atoms with E-state index in [1.165, 1.54) is 0 Å². The highest BCUT2D eigenvalue weighted by Crippen LogP contribution is 2.51. The Morgan fingerprint density at radius 3 is 2.24 bits per heavy atom. The lowest BCUT2D eigenvalue weighted by molar-refractivity contribution is 0.175. The second-order valence-electron chi connectivity index (χ2n) is 5.71. The van der Waals surface area contributed by atoms with Crippen molar-refractivity contribution >= 4 is 7.52 Å². The number of nitrogens with zero attached hydrogens (tertiary/aromatic N) is 2. The number of hydrogen-bond acceptors (Lipinski definition) is 3. The molecule has 1 unspecified atom stereocenters. The first-order valence-corrected chi connectivity index (χ1v) is 7.67. The Hall–Kier alpha value is -0.360. The Morgan fingerprint density at radius 2 is 1.94 bits per heavy atom. The maximum absolute atomic E-state index is 12.5. The Bertz CT molecular complexity index is 315. The molecule has 17 heavy (non-hydrogen) atoms. The minimum absolute atomic E-state index is 0.0420. The standard InChI is InChI=1S/C12H25N2O2P/c1-7-8-14(11(2)3)17(15,10-13)16-9-12(4,5)6/h11H,7-9H2,1-6H3. The highest BCUT2D eigenvalue weighted by molar-refractivity contribution is 7.61. The lowest BCUT2D eigenvalue weighted by Crippen LogP contribution is -2.30. The van der Waals surface area contributed by atoms with Gasteiger partial charge in [-0.25, -0.2) is 4.67 Å². The Labute approximate surface area is 105 Å². The molecule has 0 aliphatic heterocycles. The van der Waals surface area contributed by atoms with Crippen LogP contribution in [-0.2, 0) is 9.09 Å². The van der Waals surface area contributed by atoms with Crippen molar-refractivity contribution in [1.82, 2.24) is 4.67 Å². The molecule has 5 heteroatoms. The minimum atomic E-state index is -3.34. The van der Waals surface area contributed by atoms with Crippen molar-refractivity contribution in [3.63, 3.8) is 0 Å². The second kappa shape index (κ2) is 6.54. The van der Waals surface area contributed by atoms with Crippen LogP contribution in [0.1, 0.15) is 48.0 Å². The quantitative estimate of drug-likeness (QED) is 0.681. The SMILES string of the molecule is CCCN(C(C)C)P(=O)(C#N)OCC(C)(C)C. The topological polar surface area (TPSA) is 53.3 Å². The first kappa shape index (κ1) is 16.6. The van der Waals surface area contributed by atoms with Gasteiger partial charge in [-0.2, -0.15) is 5.26 Å². The molecule has 0 bridgehead atoms. The lowest BCUT2D eigenvalue weighted by atomic mass is 9.99. The molecule has 4 nitrogen and oxygen atoms in total. The predicted octanol–water partition coefficient (Wildman–Crippen LogP) is 3.84. The molecule has 0 fully saturated rings. The highest BCUT2D eigenvalue weighted by Gasteiger charge is 2.34. The molecule has 0 aliphatic carbocycles. The summed E-state index contributed by atoms with van der Waals surface area (Å²) in [5.74, 6) is 1.88. The maximum atomic E-state index is 12.5. The molecule has 100 valence electrons. The van der Waals surface area contributed by atoms with E-state index in [1.807, 2.05) is 47.4 Å². The van der Waals surface area contributed by atoms with Gasteiger partial charge in [0.2, 0.25) is 0 Å². The molecule has 0 N–H and O–H groups in total. The van der Waals surface area contributed by atoms with Crippen LogP contribution in [0.4, 0.5) is 0 Å². The molecule has 0 heterocycles. The van der Waals surface area contributed by atoms with Crippen molar-refractivity contribution < 1.29 is 9.09 Å². The number of hydrogen-bond donors (Lipinski definition) is 0. The third-order valence-corrected chi connectivity index (χ3v) is 4.26. The van der Waals surface area contributed by atoms with Gasteiger partial charge in [0.15, 0.2) is 5.81 Å². The molecular formula is C12H25N2O2P. The number of nitriles is 1. The van der Waals surface area contributed by atoms with Crippen LogP contribution in [-0.4, -0.2) is 23.9 Å². The van der Waals surface area contributed by atoms with Crippen LogP contribution in [0.15, 0.2) is 0 Å². The van der Waals surface area contributed by atoms with Gasteiger partial charge in [0, 0.05) is 12.6 Å². The summed E-state index contributed by atoms with van der Waals surface area (Å²) < 4.78 is 19.6. The molecule has 0 aromatic carbocycles. The van der Waals surface area contributed by atoms with Crippen LogP contribution in [0, 0.1) is 16.5 Å². The summed E-state index contributed by atoms with van der Waals surface area (Å²) in [7, 11) is -3.34. The van der Waals surface area contributed by atoms with Crippen LogP contribution < -0.4 is 0 Å². The average molecular weight is 260 g/mol. The highest BCUT2D eigenvalue weighted by atomic mass is 31.2. The van der Waals surface area contributed by atoms with Crippen LogP contribution in [0.25, 0.3) is 0 Å². The zero-order valence-electron chi connectivity index (χ0n) is 11.9. The molecule has 0 aromatic heterocycles. The summed E-state index contributed by atoms with van der Waals surface area (Å²) in [6, 6.07) is 0.0420. The van der Waals surface area contributed by atoms with E-state index < -0.39 is 7.52 Å². The van der Waals surface area contributed by atoms with Crippen molar-refractivity contribution in [2.75, 3.05) is 13.2 Å². The zero-order valence-corrected chi connectivity index (χ0v) is 12.8. The zero-order chi connectivity index (χ0) is 13.7. The molecule has 0 amide bonds. The fraction of sp³-hybridized carbons (Fsp3) is 0.917. The van der Waals surface area contributed by atoms with E-state index in [9.17, 15) is 4.57 Å². The third-order valence-electron chi connectivity index (χ3n) is 2.19. The molecule has 0 saturated heterocycles. The van der Waals surface area contributed by atoms with Crippen LogP contribution in [0.2, 0.25) is 0 Å². The van der Waals surface area contributed by atoms with Crippen molar-refractivity contribution in [3.05, 3.63) is 0 Å². The second-order valence-corrected chi connectivity index (χ2v) is 7.72. The maximum Gasteiger partial charge on any atom is 0.371 e. The fourth-order valence-electron chi connectivity index (χ4n) is 1.36. The van der Waals surface area contributed by atoms with E-state index >= 15 is 0 Å². The van der Waals surface area contributed by atoms with Gasteiger partial charge >= 0.3 is 7.52 Å². The van der Waals surface area contributed by atoms with Gasteiger partial charge in [-0.05, 0) is 25.7 Å². The van der Waals surface area contributed by atoms with Gasteiger partial charge in [-0.1, -0.05) is 27.7 Å². The predicted molar refractivity (Wildman–Crippen MR) is 70.8 cm³/mol. The summed E-state index contributed by atoms with van der Waals surface area (Å²) in [6.45, 7) is 12.8. The van der Waals surface area contributed by atoms with Gasteiger partial charge in [0.1, 0.15) is 0 Å². The molecule has 0 rings (SSSR count). The van der Waals surface area contributed by atoms with Crippen molar-refractivity contribution in [2.24, 2.45) is 5.41 Å². The lowest BCUT2D eigenvalue weighted by Gasteiger charge is -2.31. The van der Waals surface area contributed by atoms with E-state index in [0.717, 1.165) is 6.42 Å². The summed E-state index contributed by atoms with van der Waals surface area (Å²) >= 11 is 0. The molecular weight excluding hydrogens is 235 g/mol. The molecule has 0 saturated carbocycles. The first-order chi connectivity index (χ1) is 7.66. The molecule has 0 radical (unpaired) electrons. The average Bonchev–Trinajstić information content (AvgIpc) is 2.21. The van der Waals surface area contributed by atoms with E-state index in [1.54, 1.807) is 4.67 Å². The van der Waals surface area contributed by atoms with Crippen molar-refractivity contribution in [1.29, 1.82) is 5.26 Å². The van der Waals surface area contributed by atoms with Gasteiger partial charge in [0.05, 0.1) is 6.61 Å². The smallest absolute Gasteiger partial charge is 0.306 e. The molecule has 0 aromatic rings. The Morgan fingerprint density at radius 1 is 1.41 bits per heavy atom. The van der Waals surface area contributed by atoms with Crippen LogP contribution in [0.5, 0.6) is 0 Å². The van der Waals surface area contributed by atoms with E-state index in [-0.39, 0.29) is 11.5 Å². The summed E-state index contributed by atoms with van der Waals surface area (Å²) in [5, 5.41) is 9.15. The van der Waals surface area contributed by atoms with Gasteiger partial charge in [-0.3, -0.25) is 4.57 Å². The van der Waals surface area contributed by atoms with Crippen LogP contribution in [0.3, 0.4) is 0 Å².